The molecule has 0 fully saturated rings. The number of ether oxygens (including phenoxy) is 1. The maximum atomic E-state index is 6.47. The molecule has 2 heteroatoms. The average molecular weight is 842 g/mol. The Morgan fingerprint density at radius 2 is 0.697 bits per heavy atom. The Morgan fingerprint density at radius 3 is 1.35 bits per heavy atom. The summed E-state index contributed by atoms with van der Waals surface area (Å²) in [6, 6.07) is 93.8. The van der Waals surface area contributed by atoms with Crippen molar-refractivity contribution in [3.05, 3.63) is 261 Å². The number of rotatable bonds is 9. The minimum Gasteiger partial charge on any atom is -0.456 e. The summed E-state index contributed by atoms with van der Waals surface area (Å²) < 4.78 is 6.47. The zero-order valence-electron chi connectivity index (χ0n) is 36.2. The summed E-state index contributed by atoms with van der Waals surface area (Å²) in [7, 11) is 0. The highest BCUT2D eigenvalue weighted by molar-refractivity contribution is 6.10. The lowest BCUT2D eigenvalue weighted by atomic mass is 9.90. The van der Waals surface area contributed by atoms with Crippen LogP contribution in [0.2, 0.25) is 0 Å². The van der Waals surface area contributed by atoms with E-state index in [-0.39, 0.29) is 0 Å². The van der Waals surface area contributed by atoms with Gasteiger partial charge in [0.05, 0.1) is 0 Å². The number of hydrogen-bond acceptors (Lipinski definition) is 2. The predicted molar refractivity (Wildman–Crippen MR) is 277 cm³/mol. The summed E-state index contributed by atoms with van der Waals surface area (Å²) in [5.74, 6) is 1.78. The van der Waals surface area contributed by atoms with Gasteiger partial charge < -0.3 is 9.64 Å². The molecule has 0 spiro atoms. The third-order valence-electron chi connectivity index (χ3n) is 12.9. The molecule has 0 bridgehead atoms. The number of para-hydroxylation sites is 1. The molecule has 12 rings (SSSR count). The standard InChI is InChI=1S/C64H43NO/c1-4-14-44(15-5-1)45-26-28-46(29-27-45)47-30-35-53(36-31-47)65(54-37-32-48(33-38-54)51-34-39-56(49-16-6-2-7-17-49)61(43-51)50-18-8-3-9-19-50)55-21-12-20-52(42-55)57-40-41-63-64-59(57)23-13-24-60(64)58-22-10-11-25-62(58)66-63/h1-43H. The van der Waals surface area contributed by atoms with E-state index in [1.54, 1.807) is 0 Å². The van der Waals surface area contributed by atoms with Gasteiger partial charge in [0, 0.05) is 28.0 Å². The van der Waals surface area contributed by atoms with Crippen molar-refractivity contribution in [2.45, 2.75) is 0 Å². The summed E-state index contributed by atoms with van der Waals surface area (Å²) in [6.07, 6.45) is 0. The Bertz CT molecular complexity index is 3510. The fraction of sp³-hybridized carbons (Fsp3) is 0. The number of anilines is 3. The SMILES string of the molecule is c1ccc(-c2ccc(-c3ccc(N(c4ccc(-c5ccc(-c6ccccc6)c(-c6ccccc6)c5)cc4)c4cccc(-c5ccc6c7c(cccc57)-c5ccccc5O6)c4)cc3)cc2)cc1. The number of hydrogen-bond donors (Lipinski definition) is 0. The highest BCUT2D eigenvalue weighted by atomic mass is 16.5. The Morgan fingerprint density at radius 1 is 0.227 bits per heavy atom. The van der Waals surface area contributed by atoms with Crippen molar-refractivity contribution in [3.63, 3.8) is 0 Å². The molecule has 11 aromatic rings. The number of benzene rings is 11. The first-order valence-electron chi connectivity index (χ1n) is 22.6. The van der Waals surface area contributed by atoms with Crippen LogP contribution in [0.1, 0.15) is 0 Å². The summed E-state index contributed by atoms with van der Waals surface area (Å²) in [6.45, 7) is 0. The molecule has 1 aliphatic heterocycles. The van der Waals surface area contributed by atoms with Gasteiger partial charge in [0.15, 0.2) is 0 Å². The van der Waals surface area contributed by atoms with Crippen LogP contribution in [0.5, 0.6) is 11.5 Å². The fourth-order valence-corrected chi connectivity index (χ4v) is 9.63. The zero-order chi connectivity index (χ0) is 43.8. The number of fused-ring (bicyclic) bond motifs is 2. The maximum absolute atomic E-state index is 6.47. The molecular weight excluding hydrogens is 799 g/mol. The van der Waals surface area contributed by atoms with Crippen molar-refractivity contribution in [3.8, 4) is 89.4 Å². The fourth-order valence-electron chi connectivity index (χ4n) is 9.63. The van der Waals surface area contributed by atoms with Crippen molar-refractivity contribution in [1.29, 1.82) is 0 Å². The quantitative estimate of drug-likeness (QED) is 0.144. The Hall–Kier alpha value is -8.72. The van der Waals surface area contributed by atoms with Crippen LogP contribution < -0.4 is 9.64 Å². The van der Waals surface area contributed by atoms with E-state index in [0.29, 0.717) is 0 Å². The largest absolute Gasteiger partial charge is 0.456 e. The molecule has 0 radical (unpaired) electrons. The molecule has 0 aromatic heterocycles. The van der Waals surface area contributed by atoms with Gasteiger partial charge in [-0.15, -0.1) is 0 Å². The van der Waals surface area contributed by atoms with Crippen LogP contribution in [0, 0.1) is 0 Å². The lowest BCUT2D eigenvalue weighted by Crippen LogP contribution is -2.10. The predicted octanol–water partition coefficient (Wildman–Crippen LogP) is 18.1. The summed E-state index contributed by atoms with van der Waals surface area (Å²) in [5, 5.41) is 2.31. The molecule has 0 aliphatic carbocycles. The van der Waals surface area contributed by atoms with Gasteiger partial charge in [0.2, 0.25) is 0 Å². The first-order chi connectivity index (χ1) is 32.7. The minimum absolute atomic E-state index is 0.890. The molecule has 310 valence electrons. The van der Waals surface area contributed by atoms with E-state index in [0.717, 1.165) is 56.2 Å². The van der Waals surface area contributed by atoms with Crippen molar-refractivity contribution >= 4 is 27.8 Å². The van der Waals surface area contributed by atoms with Crippen molar-refractivity contribution < 1.29 is 4.74 Å². The van der Waals surface area contributed by atoms with Gasteiger partial charge in [-0.05, 0) is 132 Å². The van der Waals surface area contributed by atoms with E-state index in [4.69, 9.17) is 4.74 Å². The first-order valence-corrected chi connectivity index (χ1v) is 22.6. The highest BCUT2D eigenvalue weighted by Gasteiger charge is 2.22. The van der Waals surface area contributed by atoms with Gasteiger partial charge in [-0.1, -0.05) is 206 Å². The highest BCUT2D eigenvalue weighted by Crippen LogP contribution is 2.49. The van der Waals surface area contributed by atoms with E-state index in [1.165, 1.54) is 61.0 Å². The molecule has 0 N–H and O–H groups in total. The molecular formula is C64H43NO. The Balaban J connectivity index is 0.940. The third-order valence-corrected chi connectivity index (χ3v) is 12.9. The van der Waals surface area contributed by atoms with Crippen LogP contribution in [-0.4, -0.2) is 0 Å². The van der Waals surface area contributed by atoms with Gasteiger partial charge in [-0.2, -0.15) is 0 Å². The van der Waals surface area contributed by atoms with Crippen LogP contribution in [-0.2, 0) is 0 Å². The van der Waals surface area contributed by atoms with E-state index in [2.05, 4.69) is 254 Å². The molecule has 0 amide bonds. The van der Waals surface area contributed by atoms with Crippen LogP contribution in [0.25, 0.3) is 88.7 Å². The van der Waals surface area contributed by atoms with Crippen LogP contribution in [0.3, 0.4) is 0 Å². The summed E-state index contributed by atoms with van der Waals surface area (Å²) in [5.41, 5.74) is 19.8. The molecule has 2 nitrogen and oxygen atoms in total. The van der Waals surface area contributed by atoms with E-state index in [1.807, 2.05) is 12.1 Å². The average Bonchev–Trinajstić information content (AvgIpc) is 3.40. The lowest BCUT2D eigenvalue weighted by molar-refractivity contribution is 0.487. The lowest BCUT2D eigenvalue weighted by Gasteiger charge is -2.27. The van der Waals surface area contributed by atoms with Crippen LogP contribution in [0.15, 0.2) is 261 Å². The summed E-state index contributed by atoms with van der Waals surface area (Å²) >= 11 is 0. The van der Waals surface area contributed by atoms with E-state index < -0.39 is 0 Å². The maximum Gasteiger partial charge on any atom is 0.135 e. The summed E-state index contributed by atoms with van der Waals surface area (Å²) in [4.78, 5) is 2.37. The van der Waals surface area contributed by atoms with Gasteiger partial charge in [-0.25, -0.2) is 0 Å². The Labute approximate surface area is 385 Å². The zero-order valence-corrected chi connectivity index (χ0v) is 36.2. The third kappa shape index (κ3) is 7.21. The van der Waals surface area contributed by atoms with E-state index in [9.17, 15) is 0 Å². The monoisotopic (exact) mass is 841 g/mol. The molecule has 0 saturated carbocycles. The second-order valence-corrected chi connectivity index (χ2v) is 16.9. The number of nitrogens with zero attached hydrogens (tertiary/aromatic N) is 1. The molecule has 0 saturated heterocycles. The Kier molecular flexibility index (Phi) is 9.89. The first kappa shape index (κ1) is 38.9. The van der Waals surface area contributed by atoms with Crippen molar-refractivity contribution in [2.24, 2.45) is 0 Å². The minimum atomic E-state index is 0.890. The smallest absolute Gasteiger partial charge is 0.135 e. The second-order valence-electron chi connectivity index (χ2n) is 16.9. The van der Waals surface area contributed by atoms with Crippen LogP contribution in [0.4, 0.5) is 17.1 Å². The molecule has 1 heterocycles. The molecule has 66 heavy (non-hydrogen) atoms. The van der Waals surface area contributed by atoms with Crippen molar-refractivity contribution in [1.82, 2.24) is 0 Å². The molecule has 1 aliphatic rings. The molecule has 0 atom stereocenters. The molecule has 0 unspecified atom stereocenters. The topological polar surface area (TPSA) is 12.5 Å². The molecule has 11 aromatic carbocycles. The normalized spacial score (nSPS) is 11.5. The van der Waals surface area contributed by atoms with Gasteiger partial charge in [0.1, 0.15) is 11.5 Å². The van der Waals surface area contributed by atoms with E-state index >= 15 is 0 Å². The van der Waals surface area contributed by atoms with Crippen LogP contribution >= 0.6 is 0 Å². The van der Waals surface area contributed by atoms with Crippen molar-refractivity contribution in [2.75, 3.05) is 4.90 Å². The van der Waals surface area contributed by atoms with Gasteiger partial charge in [0.25, 0.3) is 0 Å². The second kappa shape index (κ2) is 16.8. The van der Waals surface area contributed by atoms with Gasteiger partial charge >= 0.3 is 0 Å². The van der Waals surface area contributed by atoms with Gasteiger partial charge in [-0.3, -0.25) is 0 Å².